The topological polar surface area (TPSA) is 83.3 Å². The largest absolute Gasteiger partial charge is 0.381 e. The molecule has 4 N–H and O–H groups in total. The number of hydrogen-bond donors (Lipinski definition) is 3. The predicted molar refractivity (Wildman–Crippen MR) is 110 cm³/mol. The molecular weight excluding hydrogens is 344 g/mol. The van der Waals surface area contributed by atoms with Crippen LogP contribution in [-0.4, -0.2) is 33.8 Å². The lowest BCUT2D eigenvalue weighted by Gasteiger charge is -2.14. The molecule has 0 spiro atoms. The van der Waals surface area contributed by atoms with Crippen LogP contribution >= 0.6 is 11.8 Å². The van der Waals surface area contributed by atoms with Crippen molar-refractivity contribution in [2.24, 2.45) is 10.7 Å². The number of carbonyl (C=O) groups is 1. The molecule has 0 radical (unpaired) electrons. The first-order valence-electron chi connectivity index (χ1n) is 9.56. The van der Waals surface area contributed by atoms with Gasteiger partial charge in [-0.25, -0.2) is 0 Å². The lowest BCUT2D eigenvalue weighted by Crippen LogP contribution is -2.14. The zero-order valence-electron chi connectivity index (χ0n) is 15.0. The van der Waals surface area contributed by atoms with Crippen molar-refractivity contribution in [2.75, 3.05) is 11.1 Å². The first kappa shape index (κ1) is 17.5. The first-order chi connectivity index (χ1) is 12.7. The molecule has 1 fully saturated rings. The van der Waals surface area contributed by atoms with Crippen molar-refractivity contribution in [3.8, 4) is 0 Å². The number of thioether (sulfide) groups is 1. The minimum Gasteiger partial charge on any atom is -0.381 e. The molecule has 1 atom stereocenters. The molecule has 2 heterocycles. The Morgan fingerprint density at radius 1 is 1.35 bits per heavy atom. The summed E-state index contributed by atoms with van der Waals surface area (Å²) in [7, 11) is 0. The van der Waals surface area contributed by atoms with Gasteiger partial charge < -0.3 is 16.0 Å². The first-order valence-corrected chi connectivity index (χ1v) is 10.5. The second-order valence-electron chi connectivity index (χ2n) is 7.34. The van der Waals surface area contributed by atoms with Crippen LogP contribution in [0.3, 0.4) is 0 Å². The number of carbonyl (C=O) groups excluding carboxylic acids is 1. The average Bonchev–Trinajstić information content (AvgIpc) is 3.35. The lowest BCUT2D eigenvalue weighted by atomic mass is 10.1. The number of H-pyrrole nitrogens is 1. The third kappa shape index (κ3) is 3.90. The molecule has 5 nitrogen and oxygen atoms in total. The van der Waals surface area contributed by atoms with Gasteiger partial charge in [0.1, 0.15) is 5.04 Å². The van der Waals surface area contributed by atoms with E-state index in [4.69, 9.17) is 10.7 Å². The lowest BCUT2D eigenvalue weighted by molar-refractivity contribution is -0.118. The van der Waals surface area contributed by atoms with E-state index in [2.05, 4.69) is 34.6 Å². The van der Waals surface area contributed by atoms with Crippen molar-refractivity contribution in [1.29, 1.82) is 0 Å². The van der Waals surface area contributed by atoms with E-state index in [1.54, 1.807) is 11.8 Å². The molecule has 1 amide bonds. The molecule has 1 aliphatic heterocycles. The van der Waals surface area contributed by atoms with Gasteiger partial charge in [0.05, 0.1) is 22.9 Å². The molecule has 1 aliphatic carbocycles. The van der Waals surface area contributed by atoms with E-state index in [1.807, 2.05) is 0 Å². The van der Waals surface area contributed by atoms with E-state index in [1.165, 1.54) is 42.3 Å². The van der Waals surface area contributed by atoms with E-state index >= 15 is 0 Å². The van der Waals surface area contributed by atoms with Gasteiger partial charge >= 0.3 is 0 Å². The smallest absolute Gasteiger partial charge is 0.217 e. The van der Waals surface area contributed by atoms with Crippen molar-refractivity contribution < 1.29 is 4.79 Å². The Morgan fingerprint density at radius 2 is 2.19 bits per heavy atom. The number of para-hydroxylation sites is 1. The fourth-order valence-corrected chi connectivity index (χ4v) is 4.98. The highest BCUT2D eigenvalue weighted by molar-refractivity contribution is 8.14. The number of anilines is 1. The summed E-state index contributed by atoms with van der Waals surface area (Å²) in [4.78, 5) is 19.3. The molecule has 1 aromatic carbocycles. The molecule has 0 saturated heterocycles. The SMILES string of the molecule is NC(=O)CCC[C@@H]1CSC(c2cc3cccc(NC4CCCC4)c3[nH]2)=N1. The summed E-state index contributed by atoms with van der Waals surface area (Å²) in [6.45, 7) is 0. The highest BCUT2D eigenvalue weighted by Gasteiger charge is 2.21. The number of hydrogen-bond acceptors (Lipinski definition) is 4. The van der Waals surface area contributed by atoms with Gasteiger partial charge in [-0.3, -0.25) is 9.79 Å². The number of primary amides is 1. The second-order valence-corrected chi connectivity index (χ2v) is 8.34. The maximum absolute atomic E-state index is 10.9. The number of aliphatic imine (C=N–C) groups is 1. The maximum Gasteiger partial charge on any atom is 0.217 e. The molecule has 138 valence electrons. The van der Waals surface area contributed by atoms with Gasteiger partial charge in [0.2, 0.25) is 5.91 Å². The predicted octanol–water partition coefficient (Wildman–Crippen LogP) is 4.04. The molecule has 26 heavy (non-hydrogen) atoms. The Morgan fingerprint density at radius 3 is 3.00 bits per heavy atom. The Balaban J connectivity index is 1.49. The van der Waals surface area contributed by atoms with Crippen LogP contribution in [0.25, 0.3) is 10.9 Å². The zero-order valence-corrected chi connectivity index (χ0v) is 15.8. The number of rotatable bonds is 7. The maximum atomic E-state index is 10.9. The zero-order chi connectivity index (χ0) is 17.9. The number of nitrogens with one attached hydrogen (secondary N) is 2. The van der Waals surface area contributed by atoms with Crippen LogP contribution in [-0.2, 0) is 4.79 Å². The van der Waals surface area contributed by atoms with Gasteiger partial charge in [0, 0.05) is 23.6 Å². The van der Waals surface area contributed by atoms with Crippen molar-refractivity contribution in [3.05, 3.63) is 30.0 Å². The van der Waals surface area contributed by atoms with Crippen molar-refractivity contribution in [1.82, 2.24) is 4.98 Å². The average molecular weight is 371 g/mol. The van der Waals surface area contributed by atoms with Crippen LogP contribution in [0.4, 0.5) is 5.69 Å². The van der Waals surface area contributed by atoms with Gasteiger partial charge in [0.25, 0.3) is 0 Å². The normalized spacial score (nSPS) is 20.6. The van der Waals surface area contributed by atoms with Gasteiger partial charge in [-0.15, -0.1) is 11.8 Å². The van der Waals surface area contributed by atoms with Crippen molar-refractivity contribution in [2.45, 2.75) is 57.0 Å². The molecular formula is C20H26N4OS. The Bertz CT molecular complexity index is 822. The number of fused-ring (bicyclic) bond motifs is 1. The Kier molecular flexibility index (Phi) is 5.20. The van der Waals surface area contributed by atoms with Crippen LogP contribution in [0.5, 0.6) is 0 Å². The van der Waals surface area contributed by atoms with Crippen LogP contribution < -0.4 is 11.1 Å². The van der Waals surface area contributed by atoms with Crippen molar-refractivity contribution in [3.63, 3.8) is 0 Å². The molecule has 1 saturated carbocycles. The summed E-state index contributed by atoms with van der Waals surface area (Å²) >= 11 is 1.80. The molecule has 4 rings (SSSR count). The van der Waals surface area contributed by atoms with E-state index in [9.17, 15) is 4.79 Å². The number of nitrogens with zero attached hydrogens (tertiary/aromatic N) is 1. The molecule has 0 unspecified atom stereocenters. The highest BCUT2D eigenvalue weighted by Crippen LogP contribution is 2.31. The van der Waals surface area contributed by atoms with Crippen molar-refractivity contribution >= 4 is 39.3 Å². The number of aromatic nitrogens is 1. The van der Waals surface area contributed by atoms with E-state index in [-0.39, 0.29) is 11.9 Å². The van der Waals surface area contributed by atoms with E-state index in [0.29, 0.717) is 12.5 Å². The fraction of sp³-hybridized carbons (Fsp3) is 0.500. The molecule has 0 bridgehead atoms. The molecule has 2 aliphatic rings. The van der Waals surface area contributed by atoms with Crippen LogP contribution in [0, 0.1) is 0 Å². The number of nitrogens with two attached hydrogens (primary N) is 1. The van der Waals surface area contributed by atoms with Gasteiger partial charge in [-0.2, -0.15) is 0 Å². The molecule has 1 aromatic heterocycles. The summed E-state index contributed by atoms with van der Waals surface area (Å²) in [6.07, 6.45) is 7.38. The Hall–Kier alpha value is -1.95. The fourth-order valence-electron chi connectivity index (χ4n) is 3.90. The van der Waals surface area contributed by atoms with Crippen LogP contribution in [0.15, 0.2) is 29.3 Å². The summed E-state index contributed by atoms with van der Waals surface area (Å²) in [5, 5.41) is 6.02. The van der Waals surface area contributed by atoms with Gasteiger partial charge in [0.15, 0.2) is 0 Å². The van der Waals surface area contributed by atoms with E-state index in [0.717, 1.165) is 29.3 Å². The summed E-state index contributed by atoms with van der Waals surface area (Å²) in [6, 6.07) is 9.52. The Labute approximate surface area is 158 Å². The van der Waals surface area contributed by atoms with Gasteiger partial charge in [-0.05, 0) is 37.8 Å². The third-order valence-electron chi connectivity index (χ3n) is 5.27. The monoisotopic (exact) mass is 370 g/mol. The quantitative estimate of drug-likeness (QED) is 0.688. The highest BCUT2D eigenvalue weighted by atomic mass is 32.2. The number of amides is 1. The minimum absolute atomic E-state index is 0.224. The minimum atomic E-state index is -0.224. The third-order valence-corrected chi connectivity index (χ3v) is 6.42. The summed E-state index contributed by atoms with van der Waals surface area (Å²) in [5.41, 5.74) is 8.69. The summed E-state index contributed by atoms with van der Waals surface area (Å²) < 4.78 is 0. The molecule has 6 heteroatoms. The number of benzene rings is 1. The number of aromatic amines is 1. The standard InChI is InChI=1S/C20H26N4OS/c21-18(25)10-4-8-15-12-26-20(23-15)17-11-13-5-3-9-16(19(13)24-17)22-14-6-1-2-7-14/h3,5,9,11,14-15,22,24H,1-2,4,6-8,10,12H2,(H2,21,25)/t15-/m1/s1. The van der Waals surface area contributed by atoms with Crippen LogP contribution in [0.1, 0.15) is 50.6 Å². The van der Waals surface area contributed by atoms with Crippen LogP contribution in [0.2, 0.25) is 0 Å². The van der Waals surface area contributed by atoms with E-state index < -0.39 is 0 Å². The second kappa shape index (κ2) is 7.74. The molecule has 2 aromatic rings. The summed E-state index contributed by atoms with van der Waals surface area (Å²) in [5.74, 6) is 0.758. The van der Waals surface area contributed by atoms with Gasteiger partial charge in [-0.1, -0.05) is 25.0 Å².